The maximum Gasteiger partial charge on any atom is 0.184 e. The zero-order valence-electron chi connectivity index (χ0n) is 6.87. The molecular weight excluding hydrogens is 270 g/mol. The van der Waals surface area contributed by atoms with E-state index in [-0.39, 0.29) is 5.11 Å². The second kappa shape index (κ2) is 4.69. The summed E-state index contributed by atoms with van der Waals surface area (Å²) in [5.41, 5.74) is 8.64. The predicted molar refractivity (Wildman–Crippen MR) is 64.2 cm³/mol. The summed E-state index contributed by atoms with van der Waals surface area (Å²) >= 11 is 9.60. The van der Waals surface area contributed by atoms with Gasteiger partial charge in [0.25, 0.3) is 0 Å². The van der Waals surface area contributed by atoms with Crippen molar-refractivity contribution in [2.75, 3.05) is 0 Å². The molecule has 0 amide bonds. The lowest BCUT2D eigenvalue weighted by molar-refractivity contribution is 1.03. The third-order valence-electron chi connectivity index (χ3n) is 1.26. The van der Waals surface area contributed by atoms with Gasteiger partial charge in [-0.25, -0.2) is 0 Å². The Hall–Kier alpha value is -0.460. The number of hydrazone groups is 1. The Balaban J connectivity index is 2.72. The summed E-state index contributed by atoms with van der Waals surface area (Å²) < 4.78 is 1.05. The minimum atomic E-state index is 0.176. The van der Waals surface area contributed by atoms with E-state index in [0.717, 1.165) is 15.1 Å². The van der Waals surface area contributed by atoms with Crippen molar-refractivity contribution in [3.05, 3.63) is 20.8 Å². The third kappa shape index (κ3) is 3.41. The number of nitrogens with two attached hydrogens (primary N) is 1. The maximum absolute atomic E-state index is 5.23. The first-order valence-corrected chi connectivity index (χ1v) is 5.52. The molecule has 0 aliphatic carbocycles. The van der Waals surface area contributed by atoms with Gasteiger partial charge in [0.2, 0.25) is 0 Å². The van der Waals surface area contributed by atoms with Crippen molar-refractivity contribution >= 4 is 50.3 Å². The minimum absolute atomic E-state index is 0.176. The predicted octanol–water partition coefficient (Wildman–Crippen LogP) is 2.07. The van der Waals surface area contributed by atoms with Gasteiger partial charge in [-0.15, -0.1) is 11.3 Å². The second-order valence-corrected chi connectivity index (χ2v) is 4.57. The van der Waals surface area contributed by atoms with Gasteiger partial charge in [-0.2, -0.15) is 5.10 Å². The largest absolute Gasteiger partial charge is 0.375 e. The third-order valence-corrected chi connectivity index (χ3v) is 3.15. The van der Waals surface area contributed by atoms with E-state index in [0.29, 0.717) is 0 Å². The number of halogens is 1. The van der Waals surface area contributed by atoms with Crippen molar-refractivity contribution in [2.24, 2.45) is 10.8 Å². The summed E-state index contributed by atoms with van der Waals surface area (Å²) in [5, 5.41) is 6.17. The standard InChI is InChI=1S/C7H8BrN3S2/c1-4(10-11-7(9)12)6-2-5(8)3-13-6/h2-3H,1H3,(H3,9,11,12)/b10-4+. The highest BCUT2D eigenvalue weighted by molar-refractivity contribution is 9.10. The fraction of sp³-hybridized carbons (Fsp3) is 0.143. The summed E-state index contributed by atoms with van der Waals surface area (Å²) in [5.74, 6) is 0. The van der Waals surface area contributed by atoms with Crippen molar-refractivity contribution in [3.8, 4) is 0 Å². The lowest BCUT2D eigenvalue weighted by Gasteiger charge is -1.97. The van der Waals surface area contributed by atoms with Gasteiger partial charge < -0.3 is 5.73 Å². The number of thiophene rings is 1. The fourth-order valence-corrected chi connectivity index (χ4v) is 2.12. The number of hydrogen-bond acceptors (Lipinski definition) is 3. The molecule has 0 aliphatic rings. The fourth-order valence-electron chi connectivity index (χ4n) is 0.697. The Labute approximate surface area is 94.1 Å². The molecule has 0 spiro atoms. The van der Waals surface area contributed by atoms with Gasteiger partial charge in [0.05, 0.1) is 10.6 Å². The monoisotopic (exact) mass is 277 g/mol. The molecule has 3 nitrogen and oxygen atoms in total. The summed E-state index contributed by atoms with van der Waals surface area (Å²) in [4.78, 5) is 1.08. The van der Waals surface area contributed by atoms with Gasteiger partial charge in [-0.1, -0.05) is 0 Å². The summed E-state index contributed by atoms with van der Waals surface area (Å²) in [6.07, 6.45) is 0. The van der Waals surface area contributed by atoms with Gasteiger partial charge in [-0.05, 0) is 41.1 Å². The van der Waals surface area contributed by atoms with Crippen LogP contribution >= 0.6 is 39.5 Å². The van der Waals surface area contributed by atoms with E-state index < -0.39 is 0 Å². The minimum Gasteiger partial charge on any atom is -0.375 e. The molecule has 70 valence electrons. The number of nitrogens with one attached hydrogen (secondary N) is 1. The number of hydrogen-bond donors (Lipinski definition) is 2. The molecule has 0 aromatic carbocycles. The summed E-state index contributed by atoms with van der Waals surface area (Å²) in [6.45, 7) is 1.89. The van der Waals surface area contributed by atoms with E-state index in [9.17, 15) is 0 Å². The lowest BCUT2D eigenvalue weighted by Crippen LogP contribution is -2.25. The summed E-state index contributed by atoms with van der Waals surface area (Å²) in [7, 11) is 0. The molecule has 0 saturated heterocycles. The van der Waals surface area contributed by atoms with Crippen molar-refractivity contribution in [2.45, 2.75) is 6.92 Å². The highest BCUT2D eigenvalue weighted by atomic mass is 79.9. The first-order valence-electron chi connectivity index (χ1n) is 3.43. The molecule has 0 unspecified atom stereocenters. The molecular formula is C7H8BrN3S2. The van der Waals surface area contributed by atoms with E-state index in [4.69, 9.17) is 5.73 Å². The zero-order chi connectivity index (χ0) is 9.84. The van der Waals surface area contributed by atoms with Crippen LogP contribution in [0.5, 0.6) is 0 Å². The second-order valence-electron chi connectivity index (χ2n) is 2.30. The maximum atomic E-state index is 5.23. The average molecular weight is 278 g/mol. The van der Waals surface area contributed by atoms with Crippen LogP contribution in [0.4, 0.5) is 0 Å². The van der Waals surface area contributed by atoms with Crippen LogP contribution in [0.25, 0.3) is 0 Å². The van der Waals surface area contributed by atoms with Gasteiger partial charge in [0, 0.05) is 9.85 Å². The summed E-state index contributed by atoms with van der Waals surface area (Å²) in [6, 6.07) is 1.99. The molecule has 0 radical (unpaired) electrons. The molecule has 1 aromatic heterocycles. The van der Waals surface area contributed by atoms with Gasteiger partial charge >= 0.3 is 0 Å². The first-order chi connectivity index (χ1) is 6.09. The van der Waals surface area contributed by atoms with E-state index in [1.54, 1.807) is 11.3 Å². The topological polar surface area (TPSA) is 50.4 Å². The highest BCUT2D eigenvalue weighted by Crippen LogP contribution is 2.20. The van der Waals surface area contributed by atoms with Crippen LogP contribution in [-0.4, -0.2) is 10.8 Å². The van der Waals surface area contributed by atoms with E-state index >= 15 is 0 Å². The lowest BCUT2D eigenvalue weighted by atomic mass is 10.3. The normalized spacial score (nSPS) is 11.4. The smallest absolute Gasteiger partial charge is 0.184 e. The quantitative estimate of drug-likeness (QED) is 0.494. The van der Waals surface area contributed by atoms with Crippen LogP contribution in [0.3, 0.4) is 0 Å². The van der Waals surface area contributed by atoms with E-state index in [2.05, 4.69) is 38.7 Å². The van der Waals surface area contributed by atoms with Gasteiger partial charge in [0.1, 0.15) is 0 Å². The van der Waals surface area contributed by atoms with Crippen molar-refractivity contribution in [1.29, 1.82) is 0 Å². The van der Waals surface area contributed by atoms with Crippen molar-refractivity contribution in [3.63, 3.8) is 0 Å². The Bertz CT molecular complexity index is 345. The van der Waals surface area contributed by atoms with Crippen molar-refractivity contribution in [1.82, 2.24) is 5.43 Å². The van der Waals surface area contributed by atoms with Crippen molar-refractivity contribution < 1.29 is 0 Å². The molecule has 1 rings (SSSR count). The van der Waals surface area contributed by atoms with Crippen LogP contribution in [0, 0.1) is 0 Å². The SMILES string of the molecule is C/C(=N\NC(N)=S)c1cc(Br)cs1. The molecule has 0 aliphatic heterocycles. The molecule has 0 saturated carbocycles. The van der Waals surface area contributed by atoms with E-state index in [1.165, 1.54) is 0 Å². The van der Waals surface area contributed by atoms with Crippen LogP contribution in [0.1, 0.15) is 11.8 Å². The Morgan fingerprint density at radius 3 is 2.92 bits per heavy atom. The number of rotatable bonds is 2. The van der Waals surface area contributed by atoms with Gasteiger partial charge in [0.15, 0.2) is 5.11 Å². The molecule has 0 atom stereocenters. The zero-order valence-corrected chi connectivity index (χ0v) is 10.1. The molecule has 0 fully saturated rings. The van der Waals surface area contributed by atoms with E-state index in [1.807, 2.05) is 18.4 Å². The molecule has 13 heavy (non-hydrogen) atoms. The van der Waals surface area contributed by atoms with Crippen LogP contribution in [0.2, 0.25) is 0 Å². The van der Waals surface area contributed by atoms with Gasteiger partial charge in [-0.3, -0.25) is 5.43 Å². The Morgan fingerprint density at radius 1 is 1.77 bits per heavy atom. The molecule has 3 N–H and O–H groups in total. The highest BCUT2D eigenvalue weighted by Gasteiger charge is 2.00. The average Bonchev–Trinajstić information content (AvgIpc) is 2.47. The number of thiocarbonyl (C=S) groups is 1. The van der Waals surface area contributed by atoms with Crippen LogP contribution in [-0.2, 0) is 0 Å². The molecule has 6 heteroatoms. The first kappa shape index (κ1) is 10.6. The Morgan fingerprint density at radius 2 is 2.46 bits per heavy atom. The number of nitrogens with zero attached hydrogens (tertiary/aromatic N) is 1. The molecule has 0 bridgehead atoms. The molecule has 1 heterocycles. The van der Waals surface area contributed by atoms with Crippen LogP contribution < -0.4 is 11.2 Å². The van der Waals surface area contributed by atoms with Crippen LogP contribution in [0.15, 0.2) is 21.0 Å². The Kier molecular flexibility index (Phi) is 3.83. The molecule has 1 aromatic rings.